The Bertz CT molecular complexity index is 833. The summed E-state index contributed by atoms with van der Waals surface area (Å²) in [4.78, 5) is 4.34. The van der Waals surface area contributed by atoms with E-state index < -0.39 is 11.6 Å². The molecular formula is C18H16F2N2OS. The Kier molecular flexibility index (Phi) is 4.76. The van der Waals surface area contributed by atoms with Crippen molar-refractivity contribution in [2.24, 2.45) is 0 Å². The van der Waals surface area contributed by atoms with Gasteiger partial charge in [-0.05, 0) is 35.7 Å². The molecule has 1 atom stereocenters. The van der Waals surface area contributed by atoms with Crippen LogP contribution in [0.2, 0.25) is 0 Å². The van der Waals surface area contributed by atoms with Gasteiger partial charge in [-0.3, -0.25) is 0 Å². The largest absolute Gasteiger partial charge is 0.497 e. The van der Waals surface area contributed by atoms with E-state index in [0.29, 0.717) is 17.1 Å². The molecule has 124 valence electrons. The number of ether oxygens (including phenoxy) is 1. The molecule has 0 spiro atoms. The van der Waals surface area contributed by atoms with Gasteiger partial charge in [-0.1, -0.05) is 18.2 Å². The molecule has 3 nitrogen and oxygen atoms in total. The van der Waals surface area contributed by atoms with Gasteiger partial charge in [0.25, 0.3) is 0 Å². The molecule has 1 heterocycles. The lowest BCUT2D eigenvalue weighted by molar-refractivity contribution is 0.414. The molecule has 0 saturated carbocycles. The fourth-order valence-corrected chi connectivity index (χ4v) is 3.21. The quantitative estimate of drug-likeness (QED) is 0.745. The molecule has 0 radical (unpaired) electrons. The van der Waals surface area contributed by atoms with Gasteiger partial charge < -0.3 is 10.5 Å². The van der Waals surface area contributed by atoms with Gasteiger partial charge in [0.05, 0.1) is 12.8 Å². The summed E-state index contributed by atoms with van der Waals surface area (Å²) in [5, 5.41) is 2.33. The number of hydrogen-bond donors (Lipinski definition) is 1. The van der Waals surface area contributed by atoms with E-state index in [4.69, 9.17) is 10.5 Å². The Hall–Kier alpha value is -2.47. The average molecular weight is 346 g/mol. The van der Waals surface area contributed by atoms with Gasteiger partial charge in [0.2, 0.25) is 0 Å². The van der Waals surface area contributed by atoms with Crippen molar-refractivity contribution in [3.05, 3.63) is 76.3 Å². The van der Waals surface area contributed by atoms with Crippen molar-refractivity contribution in [1.82, 2.24) is 4.98 Å². The van der Waals surface area contributed by atoms with Gasteiger partial charge >= 0.3 is 0 Å². The predicted octanol–water partition coefficient (Wildman–Crippen LogP) is 4.39. The summed E-state index contributed by atoms with van der Waals surface area (Å²) < 4.78 is 32.4. The van der Waals surface area contributed by atoms with E-state index in [1.165, 1.54) is 23.5 Å². The second-order valence-electron chi connectivity index (χ2n) is 5.38. The molecule has 0 aliphatic carbocycles. The molecule has 2 N–H and O–H groups in total. The number of hydrogen-bond acceptors (Lipinski definition) is 4. The topological polar surface area (TPSA) is 48.1 Å². The maximum absolute atomic E-state index is 14.1. The lowest BCUT2D eigenvalue weighted by atomic mass is 9.89. The fraction of sp³-hybridized carbons (Fsp3) is 0.167. The number of halogens is 2. The van der Waals surface area contributed by atoms with E-state index in [-0.39, 0.29) is 5.92 Å². The highest BCUT2D eigenvalue weighted by molar-refractivity contribution is 7.13. The van der Waals surface area contributed by atoms with Gasteiger partial charge in [0, 0.05) is 17.4 Å². The molecule has 3 aromatic rings. The predicted molar refractivity (Wildman–Crippen MR) is 91.4 cm³/mol. The van der Waals surface area contributed by atoms with Gasteiger partial charge in [0.15, 0.2) is 5.13 Å². The highest BCUT2D eigenvalue weighted by Crippen LogP contribution is 2.32. The van der Waals surface area contributed by atoms with Crippen LogP contribution in [-0.4, -0.2) is 12.1 Å². The van der Waals surface area contributed by atoms with Crippen LogP contribution in [0.5, 0.6) is 5.75 Å². The molecule has 0 saturated heterocycles. The van der Waals surface area contributed by atoms with Crippen LogP contribution < -0.4 is 10.5 Å². The summed E-state index contributed by atoms with van der Waals surface area (Å²) in [5.74, 6) is -0.584. The van der Waals surface area contributed by atoms with Crippen LogP contribution in [0.3, 0.4) is 0 Å². The van der Waals surface area contributed by atoms with Crippen LogP contribution in [-0.2, 0) is 6.42 Å². The van der Waals surface area contributed by atoms with E-state index in [2.05, 4.69) is 4.98 Å². The monoisotopic (exact) mass is 346 g/mol. The number of rotatable bonds is 5. The first-order valence-corrected chi connectivity index (χ1v) is 8.23. The summed E-state index contributed by atoms with van der Waals surface area (Å²) in [7, 11) is 1.60. The first-order valence-electron chi connectivity index (χ1n) is 7.35. The van der Waals surface area contributed by atoms with Crippen molar-refractivity contribution in [2.45, 2.75) is 12.3 Å². The Labute approximate surface area is 142 Å². The van der Waals surface area contributed by atoms with Crippen molar-refractivity contribution in [2.75, 3.05) is 12.8 Å². The van der Waals surface area contributed by atoms with E-state index in [9.17, 15) is 8.78 Å². The first-order chi connectivity index (χ1) is 11.6. The normalized spacial score (nSPS) is 12.1. The van der Waals surface area contributed by atoms with Gasteiger partial charge in [0.1, 0.15) is 17.4 Å². The number of nitrogen functional groups attached to an aromatic ring is 1. The Morgan fingerprint density at radius 1 is 1.17 bits per heavy atom. The minimum absolute atomic E-state index is 0.176. The number of benzene rings is 2. The molecule has 0 aliphatic heterocycles. The van der Waals surface area contributed by atoms with Gasteiger partial charge in [-0.25, -0.2) is 13.8 Å². The SMILES string of the molecule is COc1ccc(C(Cc2ccc(F)cc2F)c2csc(N)n2)cc1. The first kappa shape index (κ1) is 16.4. The molecule has 1 aromatic heterocycles. The van der Waals surface area contributed by atoms with Crippen molar-refractivity contribution in [3.63, 3.8) is 0 Å². The van der Waals surface area contributed by atoms with Gasteiger partial charge in [-0.2, -0.15) is 0 Å². The molecule has 3 rings (SSSR count). The lowest BCUT2D eigenvalue weighted by Crippen LogP contribution is -2.07. The lowest BCUT2D eigenvalue weighted by Gasteiger charge is -2.16. The zero-order chi connectivity index (χ0) is 17.1. The van der Waals surface area contributed by atoms with Crippen molar-refractivity contribution in [3.8, 4) is 5.75 Å². The third-order valence-corrected chi connectivity index (χ3v) is 4.55. The molecule has 0 amide bonds. The number of thiazole rings is 1. The third-order valence-electron chi connectivity index (χ3n) is 3.85. The van der Waals surface area contributed by atoms with E-state index >= 15 is 0 Å². The minimum atomic E-state index is -0.588. The van der Waals surface area contributed by atoms with Crippen molar-refractivity contribution < 1.29 is 13.5 Å². The Balaban J connectivity index is 1.98. The highest BCUT2D eigenvalue weighted by Gasteiger charge is 2.20. The smallest absolute Gasteiger partial charge is 0.180 e. The summed E-state index contributed by atoms with van der Waals surface area (Å²) in [6.07, 6.45) is 0.363. The van der Waals surface area contributed by atoms with Crippen LogP contribution in [0.15, 0.2) is 47.8 Å². The molecule has 2 aromatic carbocycles. The molecule has 24 heavy (non-hydrogen) atoms. The van der Waals surface area contributed by atoms with Crippen LogP contribution in [0, 0.1) is 11.6 Å². The number of aromatic nitrogens is 1. The Morgan fingerprint density at radius 3 is 2.50 bits per heavy atom. The highest BCUT2D eigenvalue weighted by atomic mass is 32.1. The average Bonchev–Trinajstić information content (AvgIpc) is 3.00. The van der Waals surface area contributed by atoms with Crippen LogP contribution in [0.25, 0.3) is 0 Å². The van der Waals surface area contributed by atoms with Crippen LogP contribution in [0.1, 0.15) is 22.7 Å². The summed E-state index contributed by atoms with van der Waals surface area (Å²) in [5.41, 5.74) is 7.91. The number of methoxy groups -OCH3 is 1. The second kappa shape index (κ2) is 6.97. The minimum Gasteiger partial charge on any atom is -0.497 e. The Morgan fingerprint density at radius 2 is 1.92 bits per heavy atom. The number of nitrogens with zero attached hydrogens (tertiary/aromatic N) is 1. The summed E-state index contributed by atoms with van der Waals surface area (Å²) in [6.45, 7) is 0. The van der Waals surface area contributed by atoms with Crippen molar-refractivity contribution in [1.29, 1.82) is 0 Å². The fourth-order valence-electron chi connectivity index (χ4n) is 2.60. The maximum Gasteiger partial charge on any atom is 0.180 e. The van der Waals surface area contributed by atoms with E-state index in [1.54, 1.807) is 7.11 Å². The van der Waals surface area contributed by atoms with Gasteiger partial charge in [-0.15, -0.1) is 11.3 Å². The standard InChI is InChI=1S/C18H16F2N2OS/c1-23-14-6-3-11(4-7-14)15(17-10-24-18(21)22-17)8-12-2-5-13(19)9-16(12)20/h2-7,9-10,15H,8H2,1H3,(H2,21,22). The molecule has 1 unspecified atom stereocenters. The molecular weight excluding hydrogens is 330 g/mol. The maximum atomic E-state index is 14.1. The molecule has 0 bridgehead atoms. The zero-order valence-corrected chi connectivity index (χ0v) is 13.8. The van der Waals surface area contributed by atoms with E-state index in [1.807, 2.05) is 29.6 Å². The number of nitrogens with two attached hydrogens (primary N) is 1. The molecule has 0 aliphatic rings. The molecule has 6 heteroatoms. The molecule has 0 fully saturated rings. The second-order valence-corrected chi connectivity index (χ2v) is 6.27. The summed E-state index contributed by atoms with van der Waals surface area (Å²) >= 11 is 1.34. The third kappa shape index (κ3) is 3.54. The van der Waals surface area contributed by atoms with Crippen LogP contribution in [0.4, 0.5) is 13.9 Å². The van der Waals surface area contributed by atoms with E-state index in [0.717, 1.165) is 23.1 Å². The zero-order valence-electron chi connectivity index (χ0n) is 13.0. The van der Waals surface area contributed by atoms with Crippen molar-refractivity contribution >= 4 is 16.5 Å². The summed E-state index contributed by atoms with van der Waals surface area (Å²) in [6, 6.07) is 11.2. The van der Waals surface area contributed by atoms with Crippen LogP contribution >= 0.6 is 11.3 Å². The number of anilines is 1.